The van der Waals surface area contributed by atoms with Crippen LogP contribution in [0.2, 0.25) is 0 Å². The Morgan fingerprint density at radius 1 is 1.17 bits per heavy atom. The van der Waals surface area contributed by atoms with E-state index in [9.17, 15) is 9.59 Å². The van der Waals surface area contributed by atoms with Crippen molar-refractivity contribution >= 4 is 24.2 Å². The third kappa shape index (κ3) is 8.42. The van der Waals surface area contributed by atoms with Gasteiger partial charge in [-0.3, -0.25) is 9.59 Å². The summed E-state index contributed by atoms with van der Waals surface area (Å²) >= 11 is 0. The fourth-order valence-electron chi connectivity index (χ4n) is 1.73. The van der Waals surface area contributed by atoms with Crippen molar-refractivity contribution in [3.8, 4) is 5.75 Å². The predicted octanol–water partition coefficient (Wildman–Crippen LogP) is 0.976. The quantitative estimate of drug-likeness (QED) is 0.643. The highest BCUT2D eigenvalue weighted by Gasteiger charge is 2.13. The van der Waals surface area contributed by atoms with E-state index in [1.165, 1.54) is 5.56 Å². The van der Waals surface area contributed by atoms with Gasteiger partial charge in [-0.2, -0.15) is 0 Å². The highest BCUT2D eigenvalue weighted by atomic mass is 35.5. The number of benzene rings is 1. The lowest BCUT2D eigenvalue weighted by Gasteiger charge is -2.19. The second-order valence-corrected chi connectivity index (χ2v) is 5.96. The molecule has 4 N–H and O–H groups in total. The number of carbonyl (C=O) groups excluding carboxylic acids is 2. The lowest BCUT2D eigenvalue weighted by molar-refractivity contribution is -0.125. The number of rotatable bonds is 7. The Balaban J connectivity index is 0.00000484. The van der Waals surface area contributed by atoms with Gasteiger partial charge in [-0.15, -0.1) is 12.4 Å². The topological polar surface area (TPSA) is 93.5 Å². The zero-order valence-corrected chi connectivity index (χ0v) is 14.7. The van der Waals surface area contributed by atoms with Crippen LogP contribution in [0.1, 0.15) is 26.3 Å². The Hall–Kier alpha value is -1.79. The third-order valence-electron chi connectivity index (χ3n) is 3.02. The minimum atomic E-state index is -0.356. The number of hydrogen-bond acceptors (Lipinski definition) is 4. The largest absolute Gasteiger partial charge is 0.492 e. The van der Waals surface area contributed by atoms with E-state index in [4.69, 9.17) is 10.5 Å². The first-order valence-electron chi connectivity index (χ1n) is 7.29. The molecule has 0 heterocycles. The summed E-state index contributed by atoms with van der Waals surface area (Å²) in [5.74, 6) is 0.150. The second kappa shape index (κ2) is 10.1. The highest BCUT2D eigenvalue weighted by Crippen LogP contribution is 2.25. The highest BCUT2D eigenvalue weighted by molar-refractivity contribution is 5.85. The van der Waals surface area contributed by atoms with Crippen molar-refractivity contribution in [3.05, 3.63) is 29.8 Å². The lowest BCUT2D eigenvalue weighted by Crippen LogP contribution is -2.40. The van der Waals surface area contributed by atoms with Crippen molar-refractivity contribution in [1.29, 1.82) is 0 Å². The number of carbonyl (C=O) groups is 2. The first-order valence-corrected chi connectivity index (χ1v) is 7.29. The van der Waals surface area contributed by atoms with Gasteiger partial charge in [-0.1, -0.05) is 32.9 Å². The summed E-state index contributed by atoms with van der Waals surface area (Å²) in [7, 11) is 0. The third-order valence-corrected chi connectivity index (χ3v) is 3.02. The fraction of sp³-hybridized carbons (Fsp3) is 0.500. The van der Waals surface area contributed by atoms with Gasteiger partial charge in [0.2, 0.25) is 11.8 Å². The van der Waals surface area contributed by atoms with Crippen LogP contribution in [-0.4, -0.2) is 38.1 Å². The van der Waals surface area contributed by atoms with Gasteiger partial charge in [0.25, 0.3) is 0 Å². The number of ether oxygens (including phenoxy) is 1. The summed E-state index contributed by atoms with van der Waals surface area (Å²) in [6.07, 6.45) is 0. The summed E-state index contributed by atoms with van der Waals surface area (Å²) in [6.45, 7) is 6.96. The van der Waals surface area contributed by atoms with Crippen molar-refractivity contribution < 1.29 is 14.3 Å². The van der Waals surface area contributed by atoms with Gasteiger partial charge in [0.1, 0.15) is 12.4 Å². The Bertz CT molecular complexity index is 516. The molecule has 130 valence electrons. The van der Waals surface area contributed by atoms with E-state index in [-0.39, 0.29) is 42.7 Å². The molecule has 0 unspecified atom stereocenters. The molecule has 1 rings (SSSR count). The van der Waals surface area contributed by atoms with Crippen LogP contribution in [0.15, 0.2) is 24.3 Å². The van der Waals surface area contributed by atoms with Crippen LogP contribution in [-0.2, 0) is 15.0 Å². The maximum atomic E-state index is 11.4. The fourth-order valence-corrected chi connectivity index (χ4v) is 1.73. The molecule has 23 heavy (non-hydrogen) atoms. The summed E-state index contributed by atoms with van der Waals surface area (Å²) in [6, 6.07) is 7.91. The van der Waals surface area contributed by atoms with E-state index >= 15 is 0 Å². The minimum absolute atomic E-state index is 0. The van der Waals surface area contributed by atoms with Gasteiger partial charge >= 0.3 is 0 Å². The second-order valence-electron chi connectivity index (χ2n) is 5.96. The molecular formula is C16H26ClN3O3. The average Bonchev–Trinajstić information content (AvgIpc) is 2.48. The number of nitrogens with two attached hydrogens (primary N) is 1. The molecule has 1 aromatic rings. The summed E-state index contributed by atoms with van der Waals surface area (Å²) in [5, 5.41) is 5.06. The molecule has 0 aromatic heterocycles. The summed E-state index contributed by atoms with van der Waals surface area (Å²) < 4.78 is 5.62. The van der Waals surface area contributed by atoms with Gasteiger partial charge < -0.3 is 21.1 Å². The van der Waals surface area contributed by atoms with Crippen molar-refractivity contribution in [2.24, 2.45) is 5.73 Å². The van der Waals surface area contributed by atoms with E-state index in [2.05, 4.69) is 37.5 Å². The van der Waals surface area contributed by atoms with Gasteiger partial charge in [0.15, 0.2) is 0 Å². The maximum absolute atomic E-state index is 11.4. The van der Waals surface area contributed by atoms with Crippen molar-refractivity contribution in [1.82, 2.24) is 10.6 Å². The van der Waals surface area contributed by atoms with Crippen molar-refractivity contribution in [3.63, 3.8) is 0 Å². The molecule has 0 fully saturated rings. The van der Waals surface area contributed by atoms with E-state index in [1.54, 1.807) is 0 Å². The van der Waals surface area contributed by atoms with Crippen molar-refractivity contribution in [2.45, 2.75) is 26.2 Å². The Kier molecular flexibility index (Phi) is 9.29. The molecule has 7 heteroatoms. The van der Waals surface area contributed by atoms with Crippen molar-refractivity contribution in [2.75, 3.05) is 26.2 Å². The van der Waals surface area contributed by atoms with E-state index in [1.807, 2.05) is 18.2 Å². The average molecular weight is 344 g/mol. The Labute approximate surface area is 143 Å². The van der Waals surface area contributed by atoms with E-state index in [0.29, 0.717) is 13.2 Å². The van der Waals surface area contributed by atoms with Crippen LogP contribution < -0.4 is 21.1 Å². The molecule has 0 aliphatic rings. The number of amides is 2. The predicted molar refractivity (Wildman–Crippen MR) is 93.0 cm³/mol. The van der Waals surface area contributed by atoms with Crippen LogP contribution >= 0.6 is 12.4 Å². The molecule has 0 radical (unpaired) electrons. The molecule has 0 saturated carbocycles. The smallest absolute Gasteiger partial charge is 0.239 e. The Morgan fingerprint density at radius 2 is 1.87 bits per heavy atom. The van der Waals surface area contributed by atoms with Crippen LogP contribution in [0.4, 0.5) is 0 Å². The molecule has 0 aliphatic carbocycles. The summed E-state index contributed by atoms with van der Waals surface area (Å²) in [5.41, 5.74) is 6.38. The van der Waals surface area contributed by atoms with Gasteiger partial charge in [-0.25, -0.2) is 0 Å². The minimum Gasteiger partial charge on any atom is -0.492 e. The molecular weight excluding hydrogens is 318 g/mol. The first-order chi connectivity index (χ1) is 10.3. The molecule has 0 spiro atoms. The number of nitrogens with one attached hydrogen (secondary N) is 2. The molecule has 0 bridgehead atoms. The molecule has 1 aromatic carbocycles. The maximum Gasteiger partial charge on any atom is 0.239 e. The molecule has 0 aliphatic heterocycles. The molecule has 6 nitrogen and oxygen atoms in total. The van der Waals surface area contributed by atoms with Crippen LogP contribution in [0.5, 0.6) is 5.75 Å². The lowest BCUT2D eigenvalue weighted by atomic mass is 9.87. The Morgan fingerprint density at radius 3 is 2.48 bits per heavy atom. The number of halogens is 1. The van der Waals surface area contributed by atoms with E-state index in [0.717, 1.165) is 5.75 Å². The summed E-state index contributed by atoms with van der Waals surface area (Å²) in [4.78, 5) is 22.3. The molecule has 0 saturated heterocycles. The van der Waals surface area contributed by atoms with Gasteiger partial charge in [-0.05, 0) is 23.1 Å². The van der Waals surface area contributed by atoms with Gasteiger partial charge in [0, 0.05) is 0 Å². The van der Waals surface area contributed by atoms with Crippen LogP contribution in [0, 0.1) is 0 Å². The SMILES string of the molecule is CC(C)(C)c1cccc(OCCNC(=O)CNC(=O)CN)c1.Cl. The standard InChI is InChI=1S/C16H25N3O3.ClH/c1-16(2,3)12-5-4-6-13(9-12)22-8-7-18-15(21)11-19-14(20)10-17;/h4-6,9H,7-8,10-11,17H2,1-3H3,(H,18,21)(H,19,20);1H. The van der Waals surface area contributed by atoms with Crippen LogP contribution in [0.3, 0.4) is 0 Å². The van der Waals surface area contributed by atoms with Crippen LogP contribution in [0.25, 0.3) is 0 Å². The van der Waals surface area contributed by atoms with E-state index < -0.39 is 0 Å². The zero-order valence-electron chi connectivity index (χ0n) is 13.8. The number of hydrogen-bond donors (Lipinski definition) is 3. The van der Waals surface area contributed by atoms with Gasteiger partial charge in [0.05, 0.1) is 19.6 Å². The first kappa shape index (κ1) is 21.2. The normalized spacial score (nSPS) is 10.4. The monoisotopic (exact) mass is 343 g/mol. The molecule has 2 amide bonds. The molecule has 0 atom stereocenters. The zero-order chi connectivity index (χ0) is 16.6.